The summed E-state index contributed by atoms with van der Waals surface area (Å²) in [6.07, 6.45) is 5.45. The molecule has 2 heterocycles. The van der Waals surface area contributed by atoms with Crippen molar-refractivity contribution in [3.05, 3.63) is 18.5 Å². The number of carbonyl (C=O) groups excluding carboxylic acids is 1. The van der Waals surface area contributed by atoms with Gasteiger partial charge in [0.25, 0.3) is 0 Å². The summed E-state index contributed by atoms with van der Waals surface area (Å²) in [7, 11) is 3.61. The van der Waals surface area contributed by atoms with Crippen LogP contribution in [0.15, 0.2) is 18.5 Å². The van der Waals surface area contributed by atoms with Gasteiger partial charge < -0.3 is 9.80 Å². The van der Waals surface area contributed by atoms with Gasteiger partial charge in [-0.1, -0.05) is 0 Å². The molecular formula is C12H18N4O. The molecule has 1 aromatic heterocycles. The maximum Gasteiger partial charge on any atom is 0.226 e. The molecule has 92 valence electrons. The molecule has 0 radical (unpaired) electrons. The van der Waals surface area contributed by atoms with E-state index in [-0.39, 0.29) is 11.8 Å². The predicted octanol–water partition coefficient (Wildman–Crippen LogP) is 0.781. The zero-order chi connectivity index (χ0) is 12.3. The topological polar surface area (TPSA) is 49.3 Å². The van der Waals surface area contributed by atoms with Crippen LogP contribution in [-0.4, -0.2) is 48.0 Å². The summed E-state index contributed by atoms with van der Waals surface area (Å²) in [4.78, 5) is 24.2. The summed E-state index contributed by atoms with van der Waals surface area (Å²) in [5, 5.41) is 0. The fourth-order valence-corrected chi connectivity index (χ4v) is 2.18. The smallest absolute Gasteiger partial charge is 0.226 e. The van der Waals surface area contributed by atoms with Crippen LogP contribution in [0.25, 0.3) is 0 Å². The Morgan fingerprint density at radius 2 is 2.12 bits per heavy atom. The molecule has 1 aliphatic heterocycles. The highest BCUT2D eigenvalue weighted by molar-refractivity contribution is 5.79. The molecule has 0 aromatic carbocycles. The van der Waals surface area contributed by atoms with Gasteiger partial charge in [0.15, 0.2) is 0 Å². The maximum atomic E-state index is 11.9. The van der Waals surface area contributed by atoms with E-state index in [0.717, 1.165) is 31.9 Å². The molecule has 0 bridgehead atoms. The first-order chi connectivity index (χ1) is 8.18. The Hall–Kier alpha value is -1.65. The van der Waals surface area contributed by atoms with E-state index in [4.69, 9.17) is 0 Å². The van der Waals surface area contributed by atoms with Crippen LogP contribution < -0.4 is 4.90 Å². The summed E-state index contributed by atoms with van der Waals surface area (Å²) in [6.45, 7) is 1.66. The lowest BCUT2D eigenvalue weighted by Gasteiger charge is -2.33. The summed E-state index contributed by atoms with van der Waals surface area (Å²) in [5.74, 6) is 0.997. The first-order valence-corrected chi connectivity index (χ1v) is 5.91. The molecule has 1 amide bonds. The van der Waals surface area contributed by atoms with E-state index >= 15 is 0 Å². The van der Waals surface area contributed by atoms with Crippen molar-refractivity contribution in [2.75, 3.05) is 32.1 Å². The molecule has 1 saturated heterocycles. The molecule has 17 heavy (non-hydrogen) atoms. The molecule has 0 unspecified atom stereocenters. The van der Waals surface area contributed by atoms with Crippen molar-refractivity contribution in [2.24, 2.45) is 5.92 Å². The van der Waals surface area contributed by atoms with Crippen LogP contribution in [0.1, 0.15) is 12.8 Å². The van der Waals surface area contributed by atoms with Crippen LogP contribution >= 0.6 is 0 Å². The van der Waals surface area contributed by atoms with E-state index < -0.39 is 0 Å². The Kier molecular flexibility index (Phi) is 3.56. The van der Waals surface area contributed by atoms with E-state index in [2.05, 4.69) is 14.9 Å². The Bertz CT molecular complexity index is 379. The summed E-state index contributed by atoms with van der Waals surface area (Å²) in [6, 6.07) is 1.80. The molecule has 2 rings (SSSR count). The summed E-state index contributed by atoms with van der Waals surface area (Å²) in [5.41, 5.74) is 0. The fraction of sp³-hybridized carbons (Fsp3) is 0.583. The number of hydrogen-bond acceptors (Lipinski definition) is 4. The number of amides is 1. The van der Waals surface area contributed by atoms with Crippen LogP contribution in [0.2, 0.25) is 0 Å². The van der Waals surface area contributed by atoms with Crippen molar-refractivity contribution in [2.45, 2.75) is 12.8 Å². The lowest BCUT2D eigenvalue weighted by atomic mass is 9.97. The third-order valence-corrected chi connectivity index (χ3v) is 3.05. The van der Waals surface area contributed by atoms with Crippen LogP contribution in [-0.2, 0) is 4.79 Å². The lowest BCUT2D eigenvalue weighted by Crippen LogP contribution is -2.43. The van der Waals surface area contributed by atoms with Crippen LogP contribution in [0, 0.1) is 5.92 Å². The quantitative estimate of drug-likeness (QED) is 0.759. The summed E-state index contributed by atoms with van der Waals surface area (Å²) < 4.78 is 0. The molecule has 1 aliphatic rings. The second-order valence-electron chi connectivity index (χ2n) is 4.57. The van der Waals surface area contributed by atoms with Crippen LogP contribution in [0.5, 0.6) is 0 Å². The average molecular weight is 234 g/mol. The van der Waals surface area contributed by atoms with Crippen molar-refractivity contribution in [3.63, 3.8) is 0 Å². The number of aromatic nitrogens is 2. The van der Waals surface area contributed by atoms with Gasteiger partial charge in [0.1, 0.15) is 0 Å². The minimum atomic E-state index is 0.0718. The predicted molar refractivity (Wildman–Crippen MR) is 65.7 cm³/mol. The number of anilines is 1. The van der Waals surface area contributed by atoms with E-state index in [1.54, 1.807) is 37.5 Å². The molecule has 0 aliphatic carbocycles. The highest BCUT2D eigenvalue weighted by atomic mass is 16.2. The minimum absolute atomic E-state index is 0.0718. The third-order valence-electron chi connectivity index (χ3n) is 3.05. The highest BCUT2D eigenvalue weighted by Crippen LogP contribution is 2.20. The second-order valence-corrected chi connectivity index (χ2v) is 4.57. The Labute approximate surface area is 101 Å². The number of rotatable bonds is 2. The monoisotopic (exact) mass is 234 g/mol. The lowest BCUT2D eigenvalue weighted by molar-refractivity contribution is -0.133. The van der Waals surface area contributed by atoms with E-state index in [0.29, 0.717) is 0 Å². The molecule has 5 nitrogen and oxygen atoms in total. The van der Waals surface area contributed by atoms with E-state index in [9.17, 15) is 4.79 Å². The zero-order valence-electron chi connectivity index (χ0n) is 10.3. The zero-order valence-corrected chi connectivity index (χ0v) is 10.3. The van der Waals surface area contributed by atoms with Crippen molar-refractivity contribution >= 4 is 11.9 Å². The van der Waals surface area contributed by atoms with Gasteiger partial charge in [-0.25, -0.2) is 9.97 Å². The average Bonchev–Trinajstić information content (AvgIpc) is 2.39. The molecule has 1 atom stereocenters. The molecule has 1 aromatic rings. The fourth-order valence-electron chi connectivity index (χ4n) is 2.18. The largest absolute Gasteiger partial charge is 0.349 e. The first-order valence-electron chi connectivity index (χ1n) is 5.91. The van der Waals surface area contributed by atoms with Gasteiger partial charge in [-0.2, -0.15) is 0 Å². The molecule has 0 spiro atoms. The maximum absolute atomic E-state index is 11.9. The number of nitrogens with zero attached hydrogens (tertiary/aromatic N) is 4. The van der Waals surface area contributed by atoms with Gasteiger partial charge in [-0.05, 0) is 18.9 Å². The van der Waals surface area contributed by atoms with Gasteiger partial charge in [0.2, 0.25) is 11.9 Å². The Balaban J connectivity index is 2.05. The molecule has 1 fully saturated rings. The first kappa shape index (κ1) is 11.8. The molecule has 0 saturated carbocycles. The van der Waals surface area contributed by atoms with Gasteiger partial charge in [0, 0.05) is 39.6 Å². The van der Waals surface area contributed by atoms with Crippen molar-refractivity contribution in [1.29, 1.82) is 0 Å². The van der Waals surface area contributed by atoms with Crippen molar-refractivity contribution < 1.29 is 4.79 Å². The molecule has 0 N–H and O–H groups in total. The Morgan fingerprint density at radius 3 is 2.76 bits per heavy atom. The minimum Gasteiger partial charge on any atom is -0.349 e. The Morgan fingerprint density at radius 1 is 1.41 bits per heavy atom. The number of hydrogen-bond donors (Lipinski definition) is 0. The number of piperidine rings is 1. The number of carbonyl (C=O) groups is 1. The van der Waals surface area contributed by atoms with E-state index in [1.807, 2.05) is 0 Å². The second kappa shape index (κ2) is 5.12. The third kappa shape index (κ3) is 2.72. The van der Waals surface area contributed by atoms with Crippen molar-refractivity contribution in [1.82, 2.24) is 14.9 Å². The molecule has 5 heteroatoms. The van der Waals surface area contributed by atoms with Gasteiger partial charge in [-0.3, -0.25) is 4.79 Å². The standard InChI is InChI=1S/C12H18N4O/c1-15(2)11(17)10-5-3-8-16(9-10)12-13-6-4-7-14-12/h4,6-7,10H,3,5,8-9H2,1-2H3/t10-/m0/s1. The van der Waals surface area contributed by atoms with Crippen molar-refractivity contribution in [3.8, 4) is 0 Å². The summed E-state index contributed by atoms with van der Waals surface area (Å²) >= 11 is 0. The van der Waals surface area contributed by atoms with E-state index in [1.165, 1.54) is 0 Å². The SMILES string of the molecule is CN(C)C(=O)[C@H]1CCCN(c2ncccn2)C1. The van der Waals surface area contributed by atoms with Gasteiger partial charge in [0.05, 0.1) is 5.92 Å². The van der Waals surface area contributed by atoms with Gasteiger partial charge >= 0.3 is 0 Å². The van der Waals surface area contributed by atoms with Gasteiger partial charge in [-0.15, -0.1) is 0 Å². The highest BCUT2D eigenvalue weighted by Gasteiger charge is 2.27. The normalized spacial score (nSPS) is 20.1. The molecular weight excluding hydrogens is 216 g/mol. The van der Waals surface area contributed by atoms with Crippen LogP contribution in [0.3, 0.4) is 0 Å². The van der Waals surface area contributed by atoms with Crippen LogP contribution in [0.4, 0.5) is 5.95 Å².